The van der Waals surface area contributed by atoms with Crippen molar-refractivity contribution < 1.29 is 0 Å². The molecular formula is C14H23IN6S. The Morgan fingerprint density at radius 3 is 2.91 bits per heavy atom. The van der Waals surface area contributed by atoms with E-state index in [4.69, 9.17) is 0 Å². The first-order valence-electron chi connectivity index (χ1n) is 7.17. The summed E-state index contributed by atoms with van der Waals surface area (Å²) < 4.78 is 2.07. The van der Waals surface area contributed by atoms with Gasteiger partial charge >= 0.3 is 0 Å². The van der Waals surface area contributed by atoms with Crippen LogP contribution in [-0.2, 0) is 13.1 Å². The van der Waals surface area contributed by atoms with Gasteiger partial charge in [0.1, 0.15) is 5.01 Å². The molecular weight excluding hydrogens is 411 g/mol. The number of thiazole rings is 1. The summed E-state index contributed by atoms with van der Waals surface area (Å²) in [4.78, 5) is 14.1. The Labute approximate surface area is 152 Å². The summed E-state index contributed by atoms with van der Waals surface area (Å²) in [5, 5.41) is 7.64. The molecule has 0 aliphatic rings. The molecule has 0 fully saturated rings. The minimum atomic E-state index is 0. The van der Waals surface area contributed by atoms with Gasteiger partial charge in [-0.2, -0.15) is 0 Å². The zero-order valence-electron chi connectivity index (χ0n) is 13.0. The molecule has 2 aromatic heterocycles. The van der Waals surface area contributed by atoms with Crippen LogP contribution in [0.15, 0.2) is 29.9 Å². The van der Waals surface area contributed by atoms with Crippen LogP contribution in [0.2, 0.25) is 0 Å². The molecule has 0 atom stereocenters. The summed E-state index contributed by atoms with van der Waals surface area (Å²) in [5.41, 5.74) is 0. The van der Waals surface area contributed by atoms with Crippen LogP contribution in [-0.4, -0.2) is 33.6 Å². The van der Waals surface area contributed by atoms with Crippen molar-refractivity contribution in [2.24, 2.45) is 4.99 Å². The number of aromatic nitrogens is 3. The van der Waals surface area contributed by atoms with Crippen LogP contribution in [0.5, 0.6) is 0 Å². The molecule has 6 nitrogen and oxygen atoms in total. The highest BCUT2D eigenvalue weighted by Gasteiger charge is 2.00. The fourth-order valence-electron chi connectivity index (χ4n) is 1.85. The van der Waals surface area contributed by atoms with Crippen molar-refractivity contribution in [3.8, 4) is 0 Å². The van der Waals surface area contributed by atoms with Gasteiger partial charge in [-0.15, -0.1) is 35.3 Å². The molecule has 0 bridgehead atoms. The number of halogens is 1. The van der Waals surface area contributed by atoms with Crippen LogP contribution in [0.1, 0.15) is 23.2 Å². The first-order chi connectivity index (χ1) is 10.3. The van der Waals surface area contributed by atoms with Gasteiger partial charge in [0.15, 0.2) is 5.96 Å². The van der Waals surface area contributed by atoms with Gasteiger partial charge in [-0.3, -0.25) is 0 Å². The topological polar surface area (TPSA) is 67.1 Å². The molecule has 2 N–H and O–H groups in total. The average molecular weight is 434 g/mol. The number of hydrogen-bond donors (Lipinski definition) is 2. The van der Waals surface area contributed by atoms with Crippen molar-refractivity contribution in [2.45, 2.75) is 33.4 Å². The summed E-state index contributed by atoms with van der Waals surface area (Å²) in [6.45, 7) is 7.43. The van der Waals surface area contributed by atoms with E-state index < -0.39 is 0 Å². The van der Waals surface area contributed by atoms with Gasteiger partial charge in [-0.05, 0) is 20.3 Å². The largest absolute Gasteiger partial charge is 0.357 e. The van der Waals surface area contributed by atoms with Crippen molar-refractivity contribution in [3.05, 3.63) is 34.8 Å². The van der Waals surface area contributed by atoms with Crippen LogP contribution in [0, 0.1) is 6.92 Å². The third kappa shape index (κ3) is 6.73. The Morgan fingerprint density at radius 2 is 2.27 bits per heavy atom. The van der Waals surface area contributed by atoms with Gasteiger partial charge in [-0.1, -0.05) is 0 Å². The molecule has 0 radical (unpaired) electrons. The second kappa shape index (κ2) is 10.5. The minimum Gasteiger partial charge on any atom is -0.357 e. The van der Waals surface area contributed by atoms with E-state index in [1.54, 1.807) is 17.5 Å². The van der Waals surface area contributed by atoms with E-state index in [1.165, 1.54) is 4.88 Å². The molecule has 0 aliphatic carbocycles. The first kappa shape index (κ1) is 18.9. The Bertz CT molecular complexity index is 551. The van der Waals surface area contributed by atoms with Crippen molar-refractivity contribution in [1.82, 2.24) is 25.2 Å². The van der Waals surface area contributed by atoms with Gasteiger partial charge in [0.25, 0.3) is 0 Å². The lowest BCUT2D eigenvalue weighted by atomic mass is 10.4. The number of imidazole rings is 1. The Morgan fingerprint density at radius 1 is 1.41 bits per heavy atom. The molecule has 0 unspecified atom stereocenters. The summed E-state index contributed by atoms with van der Waals surface area (Å²) >= 11 is 1.69. The Hall–Kier alpha value is -1.16. The van der Waals surface area contributed by atoms with E-state index >= 15 is 0 Å². The van der Waals surface area contributed by atoms with E-state index in [0.717, 1.165) is 37.0 Å². The van der Waals surface area contributed by atoms with Crippen LogP contribution < -0.4 is 10.6 Å². The van der Waals surface area contributed by atoms with Crippen molar-refractivity contribution >= 4 is 41.3 Å². The van der Waals surface area contributed by atoms with Crippen molar-refractivity contribution in [1.29, 1.82) is 0 Å². The lowest BCUT2D eigenvalue weighted by molar-refractivity contribution is 0.624. The first-order valence-corrected chi connectivity index (χ1v) is 7.99. The fourth-order valence-corrected chi connectivity index (χ4v) is 2.56. The number of hydrogen-bond acceptors (Lipinski definition) is 4. The van der Waals surface area contributed by atoms with Crippen LogP contribution in [0.4, 0.5) is 0 Å². The fraction of sp³-hybridized carbons (Fsp3) is 0.500. The maximum Gasteiger partial charge on any atom is 0.191 e. The zero-order valence-corrected chi connectivity index (χ0v) is 16.1. The van der Waals surface area contributed by atoms with E-state index in [2.05, 4.69) is 44.0 Å². The van der Waals surface area contributed by atoms with Crippen LogP contribution >= 0.6 is 35.3 Å². The standard InChI is InChI=1S/C14H22N6S.HI/c1-3-16-14(19-10-13-18-9-12(2)21-13)17-5-4-7-20-8-6-15-11-20;/h6,8-9,11H,3-5,7,10H2,1-2H3,(H2,16,17,19);1H. The van der Waals surface area contributed by atoms with Crippen LogP contribution in [0.3, 0.4) is 0 Å². The van der Waals surface area contributed by atoms with Crippen molar-refractivity contribution in [2.75, 3.05) is 13.1 Å². The molecule has 0 amide bonds. The number of aryl methyl sites for hydroxylation is 2. The SMILES string of the molecule is CCNC(=NCc1ncc(C)s1)NCCCn1ccnc1.I. The monoisotopic (exact) mass is 434 g/mol. The van der Waals surface area contributed by atoms with Gasteiger partial charge in [-0.25, -0.2) is 15.0 Å². The minimum absolute atomic E-state index is 0. The number of rotatable bonds is 7. The Balaban J connectivity index is 0.00000242. The molecule has 0 saturated heterocycles. The van der Waals surface area contributed by atoms with Gasteiger partial charge < -0.3 is 15.2 Å². The Kier molecular flexibility index (Phi) is 9.05. The third-order valence-corrected chi connectivity index (χ3v) is 3.73. The number of nitrogens with zero attached hydrogens (tertiary/aromatic N) is 4. The molecule has 22 heavy (non-hydrogen) atoms. The average Bonchev–Trinajstić information content (AvgIpc) is 3.12. The lowest BCUT2D eigenvalue weighted by Gasteiger charge is -2.11. The molecule has 2 heterocycles. The van der Waals surface area contributed by atoms with E-state index in [9.17, 15) is 0 Å². The predicted octanol–water partition coefficient (Wildman–Crippen LogP) is 2.41. The molecule has 0 spiro atoms. The number of nitrogens with one attached hydrogen (secondary N) is 2. The molecule has 0 aliphatic heterocycles. The predicted molar refractivity (Wildman–Crippen MR) is 102 cm³/mol. The maximum atomic E-state index is 4.55. The summed E-state index contributed by atoms with van der Waals surface area (Å²) in [5.74, 6) is 0.844. The zero-order chi connectivity index (χ0) is 14.9. The van der Waals surface area contributed by atoms with E-state index in [0.29, 0.717) is 6.54 Å². The molecule has 2 rings (SSSR count). The number of aliphatic imine (C=N–C) groups is 1. The normalized spacial score (nSPS) is 11.1. The second-order valence-corrected chi connectivity index (χ2v) is 5.96. The number of guanidine groups is 1. The summed E-state index contributed by atoms with van der Waals surface area (Å²) in [6, 6.07) is 0. The van der Waals surface area contributed by atoms with Gasteiger partial charge in [0.2, 0.25) is 0 Å². The highest BCUT2D eigenvalue weighted by atomic mass is 127. The van der Waals surface area contributed by atoms with Gasteiger partial charge in [0.05, 0.1) is 12.9 Å². The highest BCUT2D eigenvalue weighted by molar-refractivity contribution is 14.0. The smallest absolute Gasteiger partial charge is 0.191 e. The van der Waals surface area contributed by atoms with Crippen LogP contribution in [0.25, 0.3) is 0 Å². The molecule has 0 saturated carbocycles. The molecule has 122 valence electrons. The van der Waals surface area contributed by atoms with E-state index in [-0.39, 0.29) is 24.0 Å². The van der Waals surface area contributed by atoms with Crippen molar-refractivity contribution in [3.63, 3.8) is 0 Å². The molecule has 0 aromatic carbocycles. The molecule has 8 heteroatoms. The van der Waals surface area contributed by atoms with Gasteiger partial charge in [0, 0.05) is 43.1 Å². The lowest BCUT2D eigenvalue weighted by Crippen LogP contribution is -2.38. The highest BCUT2D eigenvalue weighted by Crippen LogP contribution is 2.11. The summed E-state index contributed by atoms with van der Waals surface area (Å²) in [7, 11) is 0. The molecule has 2 aromatic rings. The van der Waals surface area contributed by atoms with E-state index in [1.807, 2.05) is 18.7 Å². The second-order valence-electron chi connectivity index (χ2n) is 4.64. The quantitative estimate of drug-likeness (QED) is 0.304. The maximum absolute atomic E-state index is 4.55. The third-order valence-electron chi connectivity index (χ3n) is 2.83. The summed E-state index contributed by atoms with van der Waals surface area (Å²) in [6.07, 6.45) is 8.53.